The third kappa shape index (κ3) is 3.95. The number of fused-ring (bicyclic) bond motifs is 4. The van der Waals surface area contributed by atoms with Crippen molar-refractivity contribution in [2.24, 2.45) is 0 Å². The molecule has 3 fully saturated rings. The molecule has 1 amide bonds. The summed E-state index contributed by atoms with van der Waals surface area (Å²) in [6.45, 7) is 3.29. The van der Waals surface area contributed by atoms with E-state index in [-0.39, 0.29) is 23.5 Å². The van der Waals surface area contributed by atoms with Gasteiger partial charge in [-0.1, -0.05) is 37.3 Å². The Balaban J connectivity index is 1.24. The van der Waals surface area contributed by atoms with Gasteiger partial charge < -0.3 is 20.4 Å². The number of nitrogens with one attached hydrogen (secondary N) is 2. The molecule has 0 radical (unpaired) electrons. The first-order chi connectivity index (χ1) is 17.6. The number of carbonyl (C=O) groups excluding carboxylic acids is 1. The van der Waals surface area contributed by atoms with Crippen molar-refractivity contribution in [3.63, 3.8) is 0 Å². The Morgan fingerprint density at radius 2 is 2.03 bits per heavy atom. The van der Waals surface area contributed by atoms with Gasteiger partial charge in [-0.25, -0.2) is 9.97 Å². The first-order valence-electron chi connectivity index (χ1n) is 12.8. The number of rotatable bonds is 3. The van der Waals surface area contributed by atoms with Crippen LogP contribution in [0.25, 0.3) is 6.08 Å². The fourth-order valence-electron chi connectivity index (χ4n) is 6.01. The summed E-state index contributed by atoms with van der Waals surface area (Å²) in [6, 6.07) is 3.76. The minimum Gasteiger partial charge on any atom is -0.366 e. The quantitative estimate of drug-likeness (QED) is 0.642. The molecule has 0 aromatic carbocycles. The minimum atomic E-state index is -0.333. The van der Waals surface area contributed by atoms with Gasteiger partial charge >= 0.3 is 0 Å². The van der Waals surface area contributed by atoms with E-state index in [0.29, 0.717) is 18.3 Å². The summed E-state index contributed by atoms with van der Waals surface area (Å²) in [6.07, 6.45) is 19.0. The van der Waals surface area contributed by atoms with Gasteiger partial charge in [-0.05, 0) is 32.0 Å². The normalized spacial score (nSPS) is 25.1. The number of terminal acetylenes is 1. The lowest BCUT2D eigenvalue weighted by Crippen LogP contribution is -2.69. The van der Waals surface area contributed by atoms with Crippen LogP contribution < -0.4 is 20.4 Å². The molecule has 2 unspecified atom stereocenters. The van der Waals surface area contributed by atoms with Gasteiger partial charge in [0.05, 0.1) is 23.5 Å². The lowest BCUT2D eigenvalue weighted by Gasteiger charge is -2.54. The van der Waals surface area contributed by atoms with Crippen molar-refractivity contribution in [2.75, 3.05) is 48.3 Å². The molecule has 186 valence electrons. The van der Waals surface area contributed by atoms with Gasteiger partial charge in [-0.3, -0.25) is 9.69 Å². The second-order valence-electron chi connectivity index (χ2n) is 10.3. The minimum absolute atomic E-state index is 0.0365. The molecular weight excluding hydrogens is 452 g/mol. The third-order valence-electron chi connectivity index (χ3n) is 8.11. The van der Waals surface area contributed by atoms with E-state index in [2.05, 4.69) is 54.3 Å². The predicted octanol–water partition coefficient (Wildman–Crippen LogP) is 2.40. The number of likely N-dealkylation sites (N-methyl/N-ethyl adjacent to an activating group) is 1. The Morgan fingerprint density at radius 3 is 2.81 bits per heavy atom. The fourth-order valence-corrected chi connectivity index (χ4v) is 6.01. The van der Waals surface area contributed by atoms with E-state index in [9.17, 15) is 4.79 Å². The second-order valence-corrected chi connectivity index (χ2v) is 10.3. The standard InChI is InChI=1S/C27H32N8O/c1-3-20-17-34(14-13-33(20)2)21-8-10-23(28-16-21)31-26-29-15-19-7-9-22-25(36)30-18-27(11-5-4-6-12-27)35(22)24(19)32-26/h1,7-10,15-16,20,22H,4-6,11-14,17-18H2,2H3,(H,30,36)(H,28,29,31,32). The highest BCUT2D eigenvalue weighted by Crippen LogP contribution is 2.42. The van der Waals surface area contributed by atoms with Crippen LogP contribution in [0.3, 0.4) is 0 Å². The van der Waals surface area contributed by atoms with Crippen molar-refractivity contribution >= 4 is 35.3 Å². The third-order valence-corrected chi connectivity index (χ3v) is 8.11. The summed E-state index contributed by atoms with van der Waals surface area (Å²) >= 11 is 0. The fraction of sp³-hybridized carbons (Fsp3) is 0.481. The molecule has 1 spiro atoms. The lowest BCUT2D eigenvalue weighted by atomic mass is 9.77. The van der Waals surface area contributed by atoms with Crippen LogP contribution in [0.2, 0.25) is 0 Å². The number of anilines is 4. The van der Waals surface area contributed by atoms with Gasteiger partial charge in [-0.2, -0.15) is 4.98 Å². The Labute approximate surface area is 212 Å². The summed E-state index contributed by atoms with van der Waals surface area (Å²) in [7, 11) is 2.07. The van der Waals surface area contributed by atoms with Gasteiger partial charge in [-0.15, -0.1) is 6.42 Å². The maximum Gasteiger partial charge on any atom is 0.246 e. The Bertz CT molecular complexity index is 1210. The molecular formula is C27H32N8O. The zero-order chi connectivity index (χ0) is 24.7. The van der Waals surface area contributed by atoms with E-state index in [4.69, 9.17) is 11.4 Å². The molecule has 2 aromatic rings. The highest BCUT2D eigenvalue weighted by molar-refractivity contribution is 5.93. The van der Waals surface area contributed by atoms with Crippen LogP contribution in [-0.4, -0.2) is 76.6 Å². The highest BCUT2D eigenvalue weighted by atomic mass is 16.2. The molecule has 5 heterocycles. The van der Waals surface area contributed by atoms with Crippen LogP contribution in [0.5, 0.6) is 0 Å². The molecule has 2 N–H and O–H groups in total. The number of carbonyl (C=O) groups is 1. The maximum atomic E-state index is 12.8. The zero-order valence-electron chi connectivity index (χ0n) is 20.7. The molecule has 2 aromatic heterocycles. The Hall–Kier alpha value is -3.64. The molecule has 4 aliphatic rings. The number of pyridine rings is 1. The zero-order valence-corrected chi connectivity index (χ0v) is 20.7. The van der Waals surface area contributed by atoms with E-state index in [1.807, 2.05) is 30.6 Å². The number of amides is 1. The van der Waals surface area contributed by atoms with Crippen molar-refractivity contribution in [3.8, 4) is 12.3 Å². The average molecular weight is 485 g/mol. The number of piperazine rings is 2. The number of hydrogen-bond donors (Lipinski definition) is 2. The molecule has 3 aliphatic heterocycles. The highest BCUT2D eigenvalue weighted by Gasteiger charge is 2.49. The SMILES string of the molecule is C#CC1CN(c2ccc(Nc3ncc4c(n3)N3C(C=C4)C(=O)NCC34CCCCC4)nc2)CCN1C. The monoisotopic (exact) mass is 484 g/mol. The summed E-state index contributed by atoms with van der Waals surface area (Å²) < 4.78 is 0. The van der Waals surface area contributed by atoms with Crippen molar-refractivity contribution in [2.45, 2.75) is 49.7 Å². The van der Waals surface area contributed by atoms with Crippen molar-refractivity contribution in [3.05, 3.63) is 36.2 Å². The molecule has 9 nitrogen and oxygen atoms in total. The molecule has 36 heavy (non-hydrogen) atoms. The summed E-state index contributed by atoms with van der Waals surface area (Å²) in [5, 5.41) is 6.42. The summed E-state index contributed by atoms with van der Waals surface area (Å²) in [5.74, 6) is 4.88. The van der Waals surface area contributed by atoms with Gasteiger partial charge in [0, 0.05) is 37.9 Å². The molecule has 2 atom stereocenters. The van der Waals surface area contributed by atoms with Crippen LogP contribution in [0, 0.1) is 12.3 Å². The van der Waals surface area contributed by atoms with E-state index in [1.54, 1.807) is 0 Å². The van der Waals surface area contributed by atoms with Crippen LogP contribution >= 0.6 is 0 Å². The van der Waals surface area contributed by atoms with Crippen LogP contribution in [0.4, 0.5) is 23.3 Å². The van der Waals surface area contributed by atoms with Gasteiger partial charge in [0.15, 0.2) is 0 Å². The Morgan fingerprint density at radius 1 is 1.17 bits per heavy atom. The lowest BCUT2D eigenvalue weighted by molar-refractivity contribution is -0.123. The molecule has 9 heteroatoms. The topological polar surface area (TPSA) is 89.5 Å². The molecule has 2 saturated heterocycles. The van der Waals surface area contributed by atoms with Crippen LogP contribution in [-0.2, 0) is 4.79 Å². The maximum absolute atomic E-state index is 12.8. The van der Waals surface area contributed by atoms with Crippen LogP contribution in [0.15, 0.2) is 30.6 Å². The average Bonchev–Trinajstić information content (AvgIpc) is 2.92. The Kier molecular flexibility index (Phi) is 5.76. The van der Waals surface area contributed by atoms with Gasteiger partial charge in [0.2, 0.25) is 11.9 Å². The molecule has 6 rings (SSSR count). The van der Waals surface area contributed by atoms with E-state index < -0.39 is 0 Å². The van der Waals surface area contributed by atoms with Crippen molar-refractivity contribution < 1.29 is 4.79 Å². The molecule has 1 aliphatic carbocycles. The van der Waals surface area contributed by atoms with Crippen molar-refractivity contribution in [1.82, 2.24) is 25.2 Å². The second kappa shape index (κ2) is 9.10. The largest absolute Gasteiger partial charge is 0.366 e. The van der Waals surface area contributed by atoms with Crippen LogP contribution in [0.1, 0.15) is 37.7 Å². The first kappa shape index (κ1) is 22.8. The molecule has 0 bridgehead atoms. The number of hydrogen-bond acceptors (Lipinski definition) is 8. The predicted molar refractivity (Wildman–Crippen MR) is 141 cm³/mol. The summed E-state index contributed by atoms with van der Waals surface area (Å²) in [5.41, 5.74) is 1.89. The van der Waals surface area contributed by atoms with Gasteiger partial charge in [0.25, 0.3) is 0 Å². The summed E-state index contributed by atoms with van der Waals surface area (Å²) in [4.78, 5) is 33.6. The molecule has 1 saturated carbocycles. The first-order valence-corrected chi connectivity index (χ1v) is 12.8. The smallest absolute Gasteiger partial charge is 0.246 e. The number of aromatic nitrogens is 3. The van der Waals surface area contributed by atoms with Gasteiger partial charge in [0.1, 0.15) is 17.7 Å². The van der Waals surface area contributed by atoms with E-state index >= 15 is 0 Å². The number of nitrogens with zero attached hydrogens (tertiary/aromatic N) is 6. The van der Waals surface area contributed by atoms with E-state index in [1.165, 1.54) is 19.3 Å². The van der Waals surface area contributed by atoms with E-state index in [0.717, 1.165) is 49.5 Å². The van der Waals surface area contributed by atoms with Crippen molar-refractivity contribution in [1.29, 1.82) is 0 Å².